The standard InChI is InChI=1S/C29H20.C14H10/c1-19-5-7-20(8-6-19)21-9-11-22(12-10-21)26-17-15-25-14-13-23-3-2-4-24-16-18-27(26)29(25)28(23)24;1-2-6-12-10-14-8-4-3-7-13(14)9-11(12)5-1/h2-18H,1H3;1-10H. The van der Waals surface area contributed by atoms with E-state index in [4.69, 9.17) is 0 Å². The van der Waals surface area contributed by atoms with E-state index < -0.39 is 0 Å². The molecular formula is C43H30. The Bertz CT molecular complexity index is 2250. The van der Waals surface area contributed by atoms with Crippen molar-refractivity contribution < 1.29 is 0 Å². The zero-order chi connectivity index (χ0) is 28.8. The van der Waals surface area contributed by atoms with Crippen LogP contribution in [0.3, 0.4) is 0 Å². The molecule has 0 saturated heterocycles. The Morgan fingerprint density at radius 2 is 0.721 bits per heavy atom. The van der Waals surface area contributed by atoms with Crippen LogP contribution in [-0.2, 0) is 0 Å². The Morgan fingerprint density at radius 1 is 0.302 bits per heavy atom. The molecule has 0 heterocycles. The van der Waals surface area contributed by atoms with Gasteiger partial charge in [0.1, 0.15) is 0 Å². The third kappa shape index (κ3) is 4.58. The molecule has 202 valence electrons. The zero-order valence-corrected chi connectivity index (χ0v) is 24.1. The average Bonchev–Trinajstić information content (AvgIpc) is 3.07. The van der Waals surface area contributed by atoms with E-state index in [0.717, 1.165) is 0 Å². The summed E-state index contributed by atoms with van der Waals surface area (Å²) in [7, 11) is 0. The summed E-state index contributed by atoms with van der Waals surface area (Å²) in [6.07, 6.45) is 0. The van der Waals surface area contributed by atoms with Crippen LogP contribution >= 0.6 is 0 Å². The third-order valence-electron chi connectivity index (χ3n) is 8.72. The van der Waals surface area contributed by atoms with Gasteiger partial charge in [-0.3, -0.25) is 0 Å². The molecule has 0 fully saturated rings. The zero-order valence-electron chi connectivity index (χ0n) is 24.1. The van der Waals surface area contributed by atoms with Crippen LogP contribution in [0.1, 0.15) is 5.56 Å². The number of rotatable bonds is 2. The molecule has 0 radical (unpaired) electrons. The fourth-order valence-electron chi connectivity index (χ4n) is 6.46. The van der Waals surface area contributed by atoms with Gasteiger partial charge in [0.05, 0.1) is 0 Å². The van der Waals surface area contributed by atoms with Crippen LogP contribution in [0.25, 0.3) is 76.1 Å². The largest absolute Gasteiger partial charge is 0.0616 e. The first-order chi connectivity index (χ1) is 21.2. The van der Waals surface area contributed by atoms with Gasteiger partial charge in [0.25, 0.3) is 0 Å². The van der Waals surface area contributed by atoms with Gasteiger partial charge in [0, 0.05) is 0 Å². The molecule has 0 atom stereocenters. The summed E-state index contributed by atoms with van der Waals surface area (Å²) in [6.45, 7) is 2.13. The van der Waals surface area contributed by atoms with E-state index in [1.54, 1.807) is 0 Å². The Hall–Kier alpha value is -5.46. The lowest BCUT2D eigenvalue weighted by atomic mass is 9.89. The molecule has 0 N–H and O–H groups in total. The summed E-state index contributed by atoms with van der Waals surface area (Å²) in [6, 6.07) is 59.2. The second-order valence-corrected chi connectivity index (χ2v) is 11.5. The molecule has 0 amide bonds. The lowest BCUT2D eigenvalue weighted by Gasteiger charge is -2.14. The number of fused-ring (bicyclic) bond motifs is 2. The van der Waals surface area contributed by atoms with Crippen LogP contribution in [0, 0.1) is 6.92 Å². The topological polar surface area (TPSA) is 0 Å². The van der Waals surface area contributed by atoms with E-state index in [9.17, 15) is 0 Å². The maximum Gasteiger partial charge on any atom is -0.00206 e. The first-order valence-electron chi connectivity index (χ1n) is 14.9. The SMILES string of the molecule is Cc1ccc(-c2ccc(-c3ccc4ccc5cccc6ccc3c4c56)cc2)cc1.c1ccc2cc3ccccc3cc2c1. The molecule has 0 saturated carbocycles. The van der Waals surface area contributed by atoms with Gasteiger partial charge in [-0.25, -0.2) is 0 Å². The van der Waals surface area contributed by atoms with Crippen LogP contribution in [0.15, 0.2) is 164 Å². The minimum absolute atomic E-state index is 1.26. The van der Waals surface area contributed by atoms with Crippen LogP contribution < -0.4 is 0 Å². The number of aryl methyl sites for hydroxylation is 1. The molecule has 0 aliphatic heterocycles. The molecule has 0 nitrogen and oxygen atoms in total. The summed E-state index contributed by atoms with van der Waals surface area (Å²) in [5, 5.41) is 13.3. The van der Waals surface area contributed by atoms with Crippen molar-refractivity contribution in [3.8, 4) is 22.3 Å². The predicted molar refractivity (Wildman–Crippen MR) is 187 cm³/mol. The first kappa shape index (κ1) is 25.3. The second-order valence-electron chi connectivity index (χ2n) is 11.5. The molecule has 0 unspecified atom stereocenters. The Kier molecular flexibility index (Phi) is 6.12. The van der Waals surface area contributed by atoms with E-state index in [0.29, 0.717) is 0 Å². The molecule has 9 rings (SSSR count). The number of hydrogen-bond donors (Lipinski definition) is 0. The van der Waals surface area contributed by atoms with Crippen LogP contribution in [0.2, 0.25) is 0 Å². The van der Waals surface area contributed by atoms with Gasteiger partial charge in [-0.05, 0) is 95.2 Å². The fourth-order valence-corrected chi connectivity index (χ4v) is 6.46. The molecule has 0 aliphatic rings. The highest BCUT2D eigenvalue weighted by molar-refractivity contribution is 6.25. The van der Waals surface area contributed by atoms with Gasteiger partial charge >= 0.3 is 0 Å². The summed E-state index contributed by atoms with van der Waals surface area (Å²) in [5.41, 5.74) is 6.37. The number of hydrogen-bond acceptors (Lipinski definition) is 0. The van der Waals surface area contributed by atoms with Crippen molar-refractivity contribution in [1.82, 2.24) is 0 Å². The van der Waals surface area contributed by atoms with E-state index in [1.165, 1.54) is 81.7 Å². The van der Waals surface area contributed by atoms with Gasteiger partial charge in [0.15, 0.2) is 0 Å². The van der Waals surface area contributed by atoms with E-state index >= 15 is 0 Å². The van der Waals surface area contributed by atoms with E-state index in [2.05, 4.69) is 171 Å². The van der Waals surface area contributed by atoms with Crippen LogP contribution in [-0.4, -0.2) is 0 Å². The van der Waals surface area contributed by atoms with Crippen molar-refractivity contribution in [2.45, 2.75) is 6.92 Å². The van der Waals surface area contributed by atoms with Crippen molar-refractivity contribution in [3.05, 3.63) is 169 Å². The quantitative estimate of drug-likeness (QED) is 0.149. The monoisotopic (exact) mass is 546 g/mol. The fraction of sp³-hybridized carbons (Fsp3) is 0.0233. The van der Waals surface area contributed by atoms with Crippen molar-refractivity contribution in [2.75, 3.05) is 0 Å². The Balaban J connectivity index is 0.000000166. The highest BCUT2D eigenvalue weighted by Gasteiger charge is 2.12. The molecule has 0 aliphatic carbocycles. The van der Waals surface area contributed by atoms with Gasteiger partial charge in [-0.1, -0.05) is 157 Å². The predicted octanol–water partition coefficient (Wildman–Crippen LogP) is 12.2. The molecule has 9 aromatic carbocycles. The van der Waals surface area contributed by atoms with Crippen molar-refractivity contribution >= 4 is 53.9 Å². The molecule has 43 heavy (non-hydrogen) atoms. The van der Waals surface area contributed by atoms with Crippen molar-refractivity contribution in [3.63, 3.8) is 0 Å². The van der Waals surface area contributed by atoms with Crippen LogP contribution in [0.5, 0.6) is 0 Å². The van der Waals surface area contributed by atoms with Gasteiger partial charge in [0.2, 0.25) is 0 Å². The average molecular weight is 547 g/mol. The highest BCUT2D eigenvalue weighted by Crippen LogP contribution is 2.39. The summed E-state index contributed by atoms with van der Waals surface area (Å²) in [5.74, 6) is 0. The molecule has 9 aromatic rings. The maximum atomic E-state index is 2.29. The summed E-state index contributed by atoms with van der Waals surface area (Å²) >= 11 is 0. The first-order valence-corrected chi connectivity index (χ1v) is 14.9. The minimum atomic E-state index is 1.26. The smallest absolute Gasteiger partial charge is 0.00206 e. The Morgan fingerprint density at radius 3 is 1.28 bits per heavy atom. The second kappa shape index (κ2) is 10.4. The lowest BCUT2D eigenvalue weighted by Crippen LogP contribution is -1.87. The van der Waals surface area contributed by atoms with E-state index in [-0.39, 0.29) is 0 Å². The minimum Gasteiger partial charge on any atom is -0.0616 e. The molecular weight excluding hydrogens is 516 g/mol. The highest BCUT2D eigenvalue weighted by atomic mass is 14.2. The summed E-state index contributed by atoms with van der Waals surface area (Å²) in [4.78, 5) is 0. The molecule has 0 heteroatoms. The molecule has 0 bridgehead atoms. The lowest BCUT2D eigenvalue weighted by molar-refractivity contribution is 1.47. The van der Waals surface area contributed by atoms with Gasteiger partial charge < -0.3 is 0 Å². The Labute approximate surface area is 251 Å². The van der Waals surface area contributed by atoms with E-state index in [1.807, 2.05) is 0 Å². The van der Waals surface area contributed by atoms with Crippen molar-refractivity contribution in [1.29, 1.82) is 0 Å². The van der Waals surface area contributed by atoms with Crippen LogP contribution in [0.4, 0.5) is 0 Å². The molecule has 0 spiro atoms. The van der Waals surface area contributed by atoms with Gasteiger partial charge in [-0.2, -0.15) is 0 Å². The third-order valence-corrected chi connectivity index (χ3v) is 8.72. The maximum absolute atomic E-state index is 2.29. The molecule has 0 aromatic heterocycles. The number of benzene rings is 9. The van der Waals surface area contributed by atoms with Gasteiger partial charge in [-0.15, -0.1) is 0 Å². The summed E-state index contributed by atoms with van der Waals surface area (Å²) < 4.78 is 0. The normalized spacial score (nSPS) is 11.4. The van der Waals surface area contributed by atoms with Crippen molar-refractivity contribution in [2.24, 2.45) is 0 Å².